The van der Waals surface area contributed by atoms with E-state index in [-0.39, 0.29) is 27.1 Å². The highest BCUT2D eigenvalue weighted by Gasteiger charge is 2.31. The number of aromatic nitrogens is 4. The quantitative estimate of drug-likeness (QED) is 0.118. The van der Waals surface area contributed by atoms with Crippen LogP contribution in [0.5, 0.6) is 11.5 Å². The highest BCUT2D eigenvalue weighted by molar-refractivity contribution is 6.10. The molecule has 0 saturated heterocycles. The summed E-state index contributed by atoms with van der Waals surface area (Å²) in [5, 5.41) is 4.45. The summed E-state index contributed by atoms with van der Waals surface area (Å²) in [4.78, 5) is 5.00. The summed E-state index contributed by atoms with van der Waals surface area (Å²) in [6, 6.07) is 85.6. The van der Waals surface area contributed by atoms with Gasteiger partial charge >= 0.3 is 0 Å². The van der Waals surface area contributed by atoms with Crippen LogP contribution in [0.25, 0.3) is 139 Å². The number of fused-ring (bicyclic) bond motifs is 13. The Morgan fingerprint density at radius 1 is 0.347 bits per heavy atom. The number of pyridine rings is 1. The van der Waals surface area contributed by atoms with Crippen LogP contribution in [-0.4, -0.2) is 14.1 Å². The van der Waals surface area contributed by atoms with Crippen LogP contribution >= 0.6 is 0 Å². The Balaban J connectivity index is 0.978. The van der Waals surface area contributed by atoms with Crippen LogP contribution in [0.15, 0.2) is 241 Å². The highest BCUT2D eigenvalue weighted by atomic mass is 16.5. The minimum absolute atomic E-state index is 0.0591. The van der Waals surface area contributed by atoms with E-state index in [1.807, 2.05) is 12.3 Å². The second kappa shape index (κ2) is 22.5. The molecule has 15 aromatic rings. The fourth-order valence-corrected chi connectivity index (χ4v) is 14.6. The second-order valence-electron chi connectivity index (χ2n) is 32.4. The monoisotopic (exact) mass is 1280 g/mol. The molecule has 1 aliphatic heterocycles. The molecule has 4 aromatic heterocycles. The fraction of sp³-hybridized carbons (Fsp3) is 0.217. The van der Waals surface area contributed by atoms with E-state index in [4.69, 9.17) is 14.1 Å². The van der Waals surface area contributed by atoms with E-state index in [2.05, 4.69) is 348 Å². The first-order chi connectivity index (χ1) is 46.7. The second-order valence-corrected chi connectivity index (χ2v) is 32.4. The van der Waals surface area contributed by atoms with Gasteiger partial charge in [0.25, 0.3) is 6.33 Å². The minimum Gasteiger partial charge on any atom is -0.458 e. The molecule has 0 radical (unpaired) electrons. The molecule has 1 aliphatic rings. The van der Waals surface area contributed by atoms with Crippen LogP contribution in [0.4, 0.5) is 0 Å². The third-order valence-electron chi connectivity index (χ3n) is 20.3. The van der Waals surface area contributed by atoms with Crippen molar-refractivity contribution in [1.82, 2.24) is 14.1 Å². The van der Waals surface area contributed by atoms with Gasteiger partial charge in [0.15, 0.2) is 0 Å². The summed E-state index contributed by atoms with van der Waals surface area (Å²) in [5.41, 5.74) is 27.3. The lowest BCUT2D eigenvalue weighted by atomic mass is 9.78. The summed E-state index contributed by atoms with van der Waals surface area (Å²) >= 11 is 0. The van der Waals surface area contributed by atoms with Gasteiger partial charge in [-0.25, -0.2) is 4.98 Å². The lowest BCUT2D eigenvalue weighted by Crippen LogP contribution is -2.32. The van der Waals surface area contributed by atoms with E-state index < -0.39 is 0 Å². The Hall–Kier alpha value is -10.6. The summed E-state index contributed by atoms with van der Waals surface area (Å²) < 4.78 is 20.6. The number of hydrogen-bond donors (Lipinski definition) is 0. The molecule has 6 nitrogen and oxygen atoms in total. The van der Waals surface area contributed by atoms with Crippen molar-refractivity contribution in [2.75, 3.05) is 0 Å². The lowest BCUT2D eigenvalue weighted by molar-refractivity contribution is -0.570. The molecule has 0 spiro atoms. The van der Waals surface area contributed by atoms with Crippen molar-refractivity contribution in [3.8, 4) is 95.5 Å². The molecule has 0 bridgehead atoms. The maximum atomic E-state index is 7.13. The standard InChI is InChI=1S/C92H84N4O2/c1-88(2,3)61-40-41-93-85(52-61)96-80-32-20-18-28-73(80)74-38-36-68(54-81(74)96)97-67-25-22-24-66(53-67)94-55-95-86-69(60-44-64(91(10,11)12)51-65(45-60)92(13,14)15)30-23-31-76(86)77-46-56(58-42-62(89(4,5)6)50-63(43-58)90(7,8)9)34-37-72(77)70-26-16-17-27-71(70)79-48-59(49-82(94)87(79)95)57-35-39-84-78(47-57)75-29-19-21-33-83(75)98-84/h16-54H,1-15H3. The summed E-state index contributed by atoms with van der Waals surface area (Å²) in [6.45, 7) is 34.7. The first-order valence-electron chi connectivity index (χ1n) is 34.6. The van der Waals surface area contributed by atoms with Gasteiger partial charge in [-0.3, -0.25) is 13.7 Å². The number of furan rings is 1. The first kappa shape index (κ1) is 62.3. The Morgan fingerprint density at radius 2 is 0.888 bits per heavy atom. The average Bonchev–Trinajstić information content (AvgIpc) is 1.54. The van der Waals surface area contributed by atoms with Gasteiger partial charge in [0.1, 0.15) is 28.5 Å². The molecule has 0 fully saturated rings. The van der Waals surface area contributed by atoms with Gasteiger partial charge in [-0.2, -0.15) is 0 Å². The molecule has 0 aliphatic carbocycles. The van der Waals surface area contributed by atoms with Gasteiger partial charge < -0.3 is 9.15 Å². The minimum atomic E-state index is -0.134. The van der Waals surface area contributed by atoms with E-state index >= 15 is 0 Å². The molecule has 5 heterocycles. The highest BCUT2D eigenvalue weighted by Crippen LogP contribution is 2.50. The number of rotatable bonds is 7. The van der Waals surface area contributed by atoms with Crippen molar-refractivity contribution in [1.29, 1.82) is 0 Å². The number of benzene rings is 11. The Kier molecular flexibility index (Phi) is 14.3. The summed E-state index contributed by atoms with van der Waals surface area (Å²) in [7, 11) is 0. The van der Waals surface area contributed by atoms with Gasteiger partial charge in [0.2, 0.25) is 0 Å². The van der Waals surface area contributed by atoms with Crippen molar-refractivity contribution in [3.05, 3.63) is 271 Å². The maximum Gasteiger partial charge on any atom is 0.269 e. The summed E-state index contributed by atoms with van der Waals surface area (Å²) in [5.74, 6) is 2.28. The molecule has 0 saturated carbocycles. The Bertz CT molecular complexity index is 5690. The van der Waals surface area contributed by atoms with Crippen molar-refractivity contribution in [2.24, 2.45) is 0 Å². The predicted octanol–water partition coefficient (Wildman–Crippen LogP) is 24.7. The zero-order valence-corrected chi connectivity index (χ0v) is 59.1. The molecule has 98 heavy (non-hydrogen) atoms. The van der Waals surface area contributed by atoms with Crippen LogP contribution in [0.2, 0.25) is 0 Å². The number of para-hydroxylation sites is 3. The van der Waals surface area contributed by atoms with Crippen molar-refractivity contribution in [3.63, 3.8) is 0 Å². The number of nitrogens with zero attached hydrogens (tertiary/aromatic N) is 4. The average molecular weight is 1280 g/mol. The SMILES string of the molecule is CC(C)(C)c1cc(-c2ccc3c(c2)-c2cccc(-c4cc(C(C)(C)C)cc(C(C)(C)C)c4)c2-[n+]2[c-]n(-c4cccc(Oc5ccc6c7ccccc7n(-c7cc(C(C)(C)C)ccn7)c6c5)c4)c4cc(-c5ccc6oc7ccccc7c6c5)cc(c42)-c2ccccc2-3)cc(C(C)(C)C)c1. The fourth-order valence-electron chi connectivity index (χ4n) is 14.6. The first-order valence-corrected chi connectivity index (χ1v) is 34.6. The normalized spacial score (nSPS) is 12.8. The number of imidazole rings is 1. The van der Waals surface area contributed by atoms with Crippen LogP contribution in [0.3, 0.4) is 0 Å². The molecule has 0 atom stereocenters. The van der Waals surface area contributed by atoms with E-state index in [9.17, 15) is 0 Å². The van der Waals surface area contributed by atoms with Crippen molar-refractivity contribution >= 4 is 54.8 Å². The summed E-state index contributed by atoms with van der Waals surface area (Å²) in [6.07, 6.45) is 6.14. The number of hydrogen-bond acceptors (Lipinski definition) is 3. The molecule has 11 aromatic carbocycles. The van der Waals surface area contributed by atoms with E-state index in [1.54, 1.807) is 0 Å². The van der Waals surface area contributed by atoms with E-state index in [0.717, 1.165) is 133 Å². The molecule has 16 rings (SSSR count). The largest absolute Gasteiger partial charge is 0.458 e. The predicted molar refractivity (Wildman–Crippen MR) is 409 cm³/mol. The van der Waals surface area contributed by atoms with Gasteiger partial charge in [0.05, 0.1) is 33.4 Å². The van der Waals surface area contributed by atoms with Crippen LogP contribution in [0.1, 0.15) is 132 Å². The zero-order chi connectivity index (χ0) is 68.1. The maximum absolute atomic E-state index is 7.13. The molecular weight excluding hydrogens is 1190 g/mol. The third kappa shape index (κ3) is 10.8. The molecule has 0 N–H and O–H groups in total. The van der Waals surface area contributed by atoms with Gasteiger partial charge in [0, 0.05) is 33.8 Å². The van der Waals surface area contributed by atoms with Gasteiger partial charge in [-0.1, -0.05) is 249 Å². The molecule has 0 amide bonds. The topological polar surface area (TPSA) is 49.0 Å². The molecule has 484 valence electrons. The van der Waals surface area contributed by atoms with Crippen LogP contribution in [-0.2, 0) is 27.1 Å². The Labute approximate surface area is 576 Å². The van der Waals surface area contributed by atoms with Gasteiger partial charge in [-0.15, -0.1) is 0 Å². The van der Waals surface area contributed by atoms with Crippen molar-refractivity contribution < 1.29 is 13.7 Å². The van der Waals surface area contributed by atoms with Crippen LogP contribution in [0, 0.1) is 6.33 Å². The van der Waals surface area contributed by atoms with Crippen LogP contribution < -0.4 is 9.30 Å². The van der Waals surface area contributed by atoms with Crippen molar-refractivity contribution in [2.45, 2.75) is 131 Å². The zero-order valence-electron chi connectivity index (χ0n) is 59.1. The van der Waals surface area contributed by atoms with Gasteiger partial charge in [-0.05, 0) is 201 Å². The number of ether oxygens (including phenoxy) is 1. The lowest BCUT2D eigenvalue weighted by Gasteiger charge is -2.27. The molecule has 6 heteroatoms. The molecule has 0 unspecified atom stereocenters. The Morgan fingerprint density at radius 3 is 1.59 bits per heavy atom. The van der Waals surface area contributed by atoms with E-state index in [0.29, 0.717) is 5.75 Å². The van der Waals surface area contributed by atoms with E-state index in [1.165, 1.54) is 38.9 Å². The molecular formula is C92H84N4O2. The smallest absolute Gasteiger partial charge is 0.269 e. The third-order valence-corrected chi connectivity index (χ3v) is 20.3.